The van der Waals surface area contributed by atoms with Gasteiger partial charge in [-0.15, -0.1) is 23.5 Å². The first kappa shape index (κ1) is 12.8. The molecule has 0 spiro atoms. The van der Waals surface area contributed by atoms with E-state index in [1.807, 2.05) is 37.4 Å². The van der Waals surface area contributed by atoms with Gasteiger partial charge in [-0.05, 0) is 37.0 Å². The Balaban J connectivity index is 3.23. The predicted octanol–water partition coefficient (Wildman–Crippen LogP) is 4.23. The van der Waals surface area contributed by atoms with Gasteiger partial charge < -0.3 is 5.11 Å². The number of aryl methyl sites for hydroxylation is 1. The molecule has 0 atom stereocenters. The summed E-state index contributed by atoms with van der Waals surface area (Å²) in [6.45, 7) is 8.26. The molecule has 1 aromatic carbocycles. The van der Waals surface area contributed by atoms with Crippen molar-refractivity contribution in [2.24, 2.45) is 0 Å². The molecule has 0 radical (unpaired) electrons. The fourth-order valence-electron chi connectivity index (χ4n) is 1.51. The highest BCUT2D eigenvalue weighted by atomic mass is 32.2. The number of benzene rings is 1. The van der Waals surface area contributed by atoms with E-state index in [9.17, 15) is 5.11 Å². The van der Waals surface area contributed by atoms with Crippen molar-refractivity contribution in [1.29, 1.82) is 0 Å². The minimum absolute atomic E-state index is 0.450. The molecule has 1 N–H and O–H groups in total. The lowest BCUT2D eigenvalue weighted by Gasteiger charge is -2.14. The lowest BCUT2D eigenvalue weighted by atomic mass is 10.1. The topological polar surface area (TPSA) is 20.2 Å². The Morgan fingerprint density at radius 2 is 1.73 bits per heavy atom. The molecule has 1 nitrogen and oxygen atoms in total. The van der Waals surface area contributed by atoms with E-state index in [2.05, 4.69) is 19.9 Å². The maximum absolute atomic E-state index is 9.88. The molecule has 0 saturated heterocycles. The van der Waals surface area contributed by atoms with E-state index in [4.69, 9.17) is 0 Å². The van der Waals surface area contributed by atoms with Crippen molar-refractivity contribution in [1.82, 2.24) is 0 Å². The van der Waals surface area contributed by atoms with E-state index < -0.39 is 0 Å². The first-order valence-corrected chi connectivity index (χ1v) is 7.17. The van der Waals surface area contributed by atoms with Gasteiger partial charge in [-0.25, -0.2) is 0 Å². The normalized spacial score (nSPS) is 10.7. The summed E-state index contributed by atoms with van der Waals surface area (Å²) in [5.74, 6) is 2.56. The molecule has 1 aromatic rings. The molecule has 0 aliphatic heterocycles. The molecule has 0 unspecified atom stereocenters. The summed E-state index contributed by atoms with van der Waals surface area (Å²) in [5, 5.41) is 9.88. The third-order valence-electron chi connectivity index (χ3n) is 2.23. The number of hydrogen-bond donors (Lipinski definition) is 1. The zero-order valence-corrected chi connectivity index (χ0v) is 11.4. The molecule has 0 fully saturated rings. The number of rotatable bonds is 4. The zero-order chi connectivity index (χ0) is 11.4. The summed E-state index contributed by atoms with van der Waals surface area (Å²) >= 11 is 3.66. The Bertz CT molecular complexity index is 348. The highest BCUT2D eigenvalue weighted by Crippen LogP contribution is 2.39. The van der Waals surface area contributed by atoms with Gasteiger partial charge in [-0.1, -0.05) is 13.8 Å². The van der Waals surface area contributed by atoms with Gasteiger partial charge in [0.25, 0.3) is 0 Å². The van der Waals surface area contributed by atoms with Crippen LogP contribution in [0.15, 0.2) is 15.9 Å². The van der Waals surface area contributed by atoms with E-state index >= 15 is 0 Å². The molecular weight excluding hydrogens is 224 g/mol. The molecule has 0 aliphatic carbocycles. The highest BCUT2D eigenvalue weighted by Gasteiger charge is 2.12. The Morgan fingerprint density at radius 1 is 1.13 bits per heavy atom. The van der Waals surface area contributed by atoms with E-state index in [0.29, 0.717) is 5.75 Å². The first-order chi connectivity index (χ1) is 7.11. The second-order valence-electron chi connectivity index (χ2n) is 3.36. The largest absolute Gasteiger partial charge is 0.507 e. The van der Waals surface area contributed by atoms with Crippen LogP contribution in [0.1, 0.15) is 25.0 Å². The van der Waals surface area contributed by atoms with Gasteiger partial charge >= 0.3 is 0 Å². The van der Waals surface area contributed by atoms with Crippen LogP contribution in [0.25, 0.3) is 0 Å². The molecule has 0 heterocycles. The van der Waals surface area contributed by atoms with E-state index in [1.54, 1.807) is 0 Å². The van der Waals surface area contributed by atoms with Crippen molar-refractivity contribution >= 4 is 23.5 Å². The fourth-order valence-corrected chi connectivity index (χ4v) is 3.52. The Kier molecular flexibility index (Phi) is 4.87. The maximum atomic E-state index is 9.88. The summed E-state index contributed by atoms with van der Waals surface area (Å²) in [7, 11) is 0. The molecule has 84 valence electrons. The van der Waals surface area contributed by atoms with E-state index in [1.165, 1.54) is 9.79 Å². The lowest BCUT2D eigenvalue weighted by molar-refractivity contribution is 0.464. The summed E-state index contributed by atoms with van der Waals surface area (Å²) in [5.41, 5.74) is 2.00. The highest BCUT2D eigenvalue weighted by molar-refractivity contribution is 8.02. The fraction of sp³-hybridized carbons (Fsp3) is 0.500. The van der Waals surface area contributed by atoms with Gasteiger partial charge in [-0.3, -0.25) is 0 Å². The Hall–Kier alpha value is -0.280. The molecular formula is C12H18OS2. The van der Waals surface area contributed by atoms with Crippen molar-refractivity contribution in [3.05, 3.63) is 17.2 Å². The molecule has 3 heteroatoms. The molecule has 0 saturated carbocycles. The third kappa shape index (κ3) is 2.85. The van der Waals surface area contributed by atoms with Crippen molar-refractivity contribution in [3.63, 3.8) is 0 Å². The number of phenolic OH excluding ortho intramolecular Hbond substituents is 1. The van der Waals surface area contributed by atoms with Crippen LogP contribution >= 0.6 is 23.5 Å². The molecule has 1 rings (SSSR count). The average molecular weight is 242 g/mol. The van der Waals surface area contributed by atoms with Gasteiger partial charge in [0.2, 0.25) is 0 Å². The molecule has 0 aromatic heterocycles. The smallest absolute Gasteiger partial charge is 0.122 e. The van der Waals surface area contributed by atoms with Crippen molar-refractivity contribution < 1.29 is 5.11 Å². The van der Waals surface area contributed by atoms with Crippen LogP contribution in [0.3, 0.4) is 0 Å². The third-order valence-corrected chi connectivity index (χ3v) is 4.38. The lowest BCUT2D eigenvalue weighted by Crippen LogP contribution is -1.90. The second kappa shape index (κ2) is 5.71. The quantitative estimate of drug-likeness (QED) is 0.798. The van der Waals surface area contributed by atoms with Gasteiger partial charge in [-0.2, -0.15) is 0 Å². The average Bonchev–Trinajstić information content (AvgIpc) is 2.21. The van der Waals surface area contributed by atoms with E-state index in [0.717, 1.165) is 22.6 Å². The van der Waals surface area contributed by atoms with Crippen LogP contribution < -0.4 is 0 Å². The summed E-state index contributed by atoms with van der Waals surface area (Å²) in [4.78, 5) is 2.55. The van der Waals surface area contributed by atoms with Crippen molar-refractivity contribution in [2.45, 2.75) is 37.5 Å². The predicted molar refractivity (Wildman–Crippen MR) is 70.4 cm³/mol. The first-order valence-electron chi connectivity index (χ1n) is 5.20. The molecule has 0 amide bonds. The van der Waals surface area contributed by atoms with Crippen LogP contribution in [-0.2, 0) is 0 Å². The van der Waals surface area contributed by atoms with Crippen LogP contribution in [0, 0.1) is 13.8 Å². The van der Waals surface area contributed by atoms with Crippen LogP contribution in [0.2, 0.25) is 0 Å². The van der Waals surface area contributed by atoms with Gasteiger partial charge in [0, 0.05) is 15.4 Å². The van der Waals surface area contributed by atoms with Crippen molar-refractivity contribution in [3.8, 4) is 5.75 Å². The number of thioether (sulfide) groups is 2. The maximum Gasteiger partial charge on any atom is 0.122 e. The van der Waals surface area contributed by atoms with Crippen molar-refractivity contribution in [2.75, 3.05) is 11.5 Å². The van der Waals surface area contributed by atoms with E-state index in [-0.39, 0.29) is 0 Å². The minimum Gasteiger partial charge on any atom is -0.507 e. The second-order valence-corrected chi connectivity index (χ2v) is 5.94. The Morgan fingerprint density at radius 3 is 2.27 bits per heavy atom. The number of aromatic hydroxyl groups is 1. The standard InChI is InChI=1S/C12H18OS2/c1-5-14-10-7-8(3)11(13)9(4)12(10)15-6-2/h7,13H,5-6H2,1-4H3. The van der Waals surface area contributed by atoms with Crippen LogP contribution in [0.4, 0.5) is 0 Å². The molecule has 0 aliphatic rings. The molecule has 15 heavy (non-hydrogen) atoms. The monoisotopic (exact) mass is 242 g/mol. The number of hydrogen-bond acceptors (Lipinski definition) is 3. The van der Waals surface area contributed by atoms with Crippen LogP contribution in [-0.4, -0.2) is 16.6 Å². The molecule has 0 bridgehead atoms. The van der Waals surface area contributed by atoms with Gasteiger partial charge in [0.15, 0.2) is 0 Å². The van der Waals surface area contributed by atoms with Gasteiger partial charge in [0.05, 0.1) is 0 Å². The zero-order valence-electron chi connectivity index (χ0n) is 9.76. The Labute approximate surface area is 101 Å². The minimum atomic E-state index is 0.450. The summed E-state index contributed by atoms with van der Waals surface area (Å²) in [6, 6.07) is 2.09. The SMILES string of the molecule is CCSc1cc(C)c(O)c(C)c1SCC. The van der Waals surface area contributed by atoms with Gasteiger partial charge in [0.1, 0.15) is 5.75 Å². The number of phenols is 1. The summed E-state index contributed by atoms with van der Waals surface area (Å²) in [6.07, 6.45) is 0. The van der Waals surface area contributed by atoms with Crippen LogP contribution in [0.5, 0.6) is 5.75 Å². The summed E-state index contributed by atoms with van der Waals surface area (Å²) < 4.78 is 0.